The molecule has 0 aliphatic carbocycles. The maximum absolute atomic E-state index is 13.4. The van der Waals surface area contributed by atoms with Crippen molar-refractivity contribution in [3.05, 3.63) is 29.6 Å². The second-order valence-corrected chi connectivity index (χ2v) is 3.68. The van der Waals surface area contributed by atoms with Crippen molar-refractivity contribution in [2.45, 2.75) is 13.0 Å². The van der Waals surface area contributed by atoms with Gasteiger partial charge in [0.1, 0.15) is 0 Å². The number of amides is 1. The van der Waals surface area contributed by atoms with E-state index in [-0.39, 0.29) is 23.3 Å². The van der Waals surface area contributed by atoms with Crippen molar-refractivity contribution in [2.75, 3.05) is 20.8 Å². The molecular formula is C12H16FNO3. The van der Waals surface area contributed by atoms with E-state index in [0.717, 1.165) is 6.07 Å². The monoisotopic (exact) mass is 241 g/mol. The lowest BCUT2D eigenvalue weighted by molar-refractivity contribution is 0.0905. The number of benzene rings is 1. The maximum atomic E-state index is 13.4. The smallest absolute Gasteiger partial charge is 0.251 e. The molecule has 1 aromatic carbocycles. The molecule has 0 fully saturated rings. The minimum Gasteiger partial charge on any atom is -0.494 e. The van der Waals surface area contributed by atoms with Crippen LogP contribution in [0.25, 0.3) is 0 Å². The number of ether oxygens (including phenoxy) is 2. The fourth-order valence-electron chi connectivity index (χ4n) is 1.41. The van der Waals surface area contributed by atoms with Gasteiger partial charge in [0.05, 0.1) is 13.7 Å². The molecule has 1 N–H and O–H groups in total. The first-order valence-corrected chi connectivity index (χ1v) is 5.21. The minimum atomic E-state index is -0.556. The highest BCUT2D eigenvalue weighted by molar-refractivity contribution is 5.94. The molecule has 0 spiro atoms. The molecule has 0 saturated heterocycles. The number of carbonyl (C=O) groups excluding carboxylic acids is 1. The summed E-state index contributed by atoms with van der Waals surface area (Å²) >= 11 is 0. The van der Waals surface area contributed by atoms with E-state index in [9.17, 15) is 9.18 Å². The van der Waals surface area contributed by atoms with Gasteiger partial charge in [-0.25, -0.2) is 4.39 Å². The van der Waals surface area contributed by atoms with Crippen molar-refractivity contribution in [3.63, 3.8) is 0 Å². The molecule has 1 atom stereocenters. The Kier molecular flexibility index (Phi) is 4.90. The molecule has 4 nitrogen and oxygen atoms in total. The van der Waals surface area contributed by atoms with Gasteiger partial charge in [0.25, 0.3) is 5.91 Å². The Morgan fingerprint density at radius 2 is 2.18 bits per heavy atom. The summed E-state index contributed by atoms with van der Waals surface area (Å²) < 4.78 is 23.0. The number of halogens is 1. The van der Waals surface area contributed by atoms with E-state index in [1.165, 1.54) is 19.2 Å². The van der Waals surface area contributed by atoms with Crippen molar-refractivity contribution in [1.29, 1.82) is 0 Å². The molecule has 5 heteroatoms. The highest BCUT2D eigenvalue weighted by Gasteiger charge is 2.12. The number of methoxy groups -OCH3 is 2. The molecule has 0 unspecified atom stereocenters. The molecule has 17 heavy (non-hydrogen) atoms. The quantitative estimate of drug-likeness (QED) is 0.851. The normalized spacial score (nSPS) is 12.0. The third-order valence-electron chi connectivity index (χ3n) is 2.21. The molecular weight excluding hydrogens is 225 g/mol. The molecule has 94 valence electrons. The zero-order chi connectivity index (χ0) is 12.8. The van der Waals surface area contributed by atoms with Gasteiger partial charge in [-0.2, -0.15) is 0 Å². The minimum absolute atomic E-state index is 0.117. The molecule has 0 aromatic heterocycles. The first kappa shape index (κ1) is 13.4. The van der Waals surface area contributed by atoms with E-state index in [4.69, 9.17) is 9.47 Å². The summed E-state index contributed by atoms with van der Waals surface area (Å²) in [7, 11) is 2.93. The van der Waals surface area contributed by atoms with Gasteiger partial charge in [-0.3, -0.25) is 4.79 Å². The van der Waals surface area contributed by atoms with Gasteiger partial charge < -0.3 is 14.8 Å². The van der Waals surface area contributed by atoms with Crippen LogP contribution in [0.15, 0.2) is 18.2 Å². The molecule has 0 aliphatic heterocycles. The first-order valence-electron chi connectivity index (χ1n) is 5.21. The molecule has 1 amide bonds. The van der Waals surface area contributed by atoms with Crippen LogP contribution in [0.3, 0.4) is 0 Å². The number of carbonyl (C=O) groups is 1. The predicted molar refractivity (Wildman–Crippen MR) is 61.8 cm³/mol. The summed E-state index contributed by atoms with van der Waals surface area (Å²) in [6.45, 7) is 2.21. The summed E-state index contributed by atoms with van der Waals surface area (Å²) in [5.74, 6) is -0.776. The largest absolute Gasteiger partial charge is 0.494 e. The van der Waals surface area contributed by atoms with Crippen LogP contribution in [0.5, 0.6) is 5.75 Å². The fraction of sp³-hybridized carbons (Fsp3) is 0.417. The Balaban J connectivity index is 2.72. The van der Waals surface area contributed by atoms with Crippen molar-refractivity contribution < 1.29 is 18.7 Å². The summed E-state index contributed by atoms with van der Waals surface area (Å²) in [4.78, 5) is 11.7. The lowest BCUT2D eigenvalue weighted by atomic mass is 10.2. The standard InChI is InChI=1S/C12H16FNO3/c1-8(7-16-2)14-12(15)9-4-5-11(17-3)10(13)6-9/h4-6,8H,7H2,1-3H3,(H,14,15)/t8-/m1/s1. The molecule has 0 heterocycles. The van der Waals surface area contributed by atoms with Crippen LogP contribution in [0.1, 0.15) is 17.3 Å². The van der Waals surface area contributed by atoms with Crippen molar-refractivity contribution in [2.24, 2.45) is 0 Å². The zero-order valence-corrected chi connectivity index (χ0v) is 10.1. The average Bonchev–Trinajstić information content (AvgIpc) is 2.29. The van der Waals surface area contributed by atoms with Crippen LogP contribution < -0.4 is 10.1 Å². The predicted octanol–water partition coefficient (Wildman–Crippen LogP) is 1.60. The summed E-state index contributed by atoms with van der Waals surface area (Å²) in [6.07, 6.45) is 0. The van der Waals surface area contributed by atoms with Crippen LogP contribution >= 0.6 is 0 Å². The van der Waals surface area contributed by atoms with Crippen LogP contribution in [-0.2, 0) is 4.74 Å². The van der Waals surface area contributed by atoms with Crippen molar-refractivity contribution in [3.8, 4) is 5.75 Å². The van der Waals surface area contributed by atoms with Gasteiger partial charge in [-0.1, -0.05) is 0 Å². The molecule has 0 bridgehead atoms. The van der Waals surface area contributed by atoms with Gasteiger partial charge in [0.2, 0.25) is 0 Å². The van der Waals surface area contributed by atoms with Gasteiger partial charge in [-0.05, 0) is 25.1 Å². The fourth-order valence-corrected chi connectivity index (χ4v) is 1.41. The van der Waals surface area contributed by atoms with E-state index in [1.54, 1.807) is 14.0 Å². The van der Waals surface area contributed by atoms with E-state index >= 15 is 0 Å². The number of hydrogen-bond donors (Lipinski definition) is 1. The Morgan fingerprint density at radius 1 is 1.47 bits per heavy atom. The second-order valence-electron chi connectivity index (χ2n) is 3.68. The van der Waals surface area contributed by atoms with Crippen LogP contribution in [-0.4, -0.2) is 32.8 Å². The molecule has 0 aliphatic rings. The van der Waals surface area contributed by atoms with Gasteiger partial charge in [0.15, 0.2) is 11.6 Å². The Hall–Kier alpha value is -1.62. The van der Waals surface area contributed by atoms with Gasteiger partial charge >= 0.3 is 0 Å². The van der Waals surface area contributed by atoms with Crippen LogP contribution in [0.2, 0.25) is 0 Å². The van der Waals surface area contributed by atoms with Crippen LogP contribution in [0.4, 0.5) is 4.39 Å². The number of rotatable bonds is 5. The Labute approximate surface area is 99.7 Å². The topological polar surface area (TPSA) is 47.6 Å². The lowest BCUT2D eigenvalue weighted by Gasteiger charge is -2.13. The van der Waals surface area contributed by atoms with Gasteiger partial charge in [-0.15, -0.1) is 0 Å². The third kappa shape index (κ3) is 3.71. The molecule has 0 saturated carbocycles. The molecule has 1 aromatic rings. The molecule has 1 rings (SSSR count). The van der Waals surface area contributed by atoms with E-state index in [0.29, 0.717) is 6.61 Å². The number of hydrogen-bond acceptors (Lipinski definition) is 3. The van der Waals surface area contributed by atoms with Gasteiger partial charge in [0, 0.05) is 18.7 Å². The highest BCUT2D eigenvalue weighted by Crippen LogP contribution is 2.17. The maximum Gasteiger partial charge on any atom is 0.251 e. The Bertz CT molecular complexity index is 395. The number of nitrogens with one attached hydrogen (secondary N) is 1. The van der Waals surface area contributed by atoms with Crippen LogP contribution in [0, 0.1) is 5.82 Å². The first-order chi connectivity index (χ1) is 8.08. The highest BCUT2D eigenvalue weighted by atomic mass is 19.1. The average molecular weight is 241 g/mol. The van der Waals surface area contributed by atoms with E-state index < -0.39 is 5.82 Å². The third-order valence-corrected chi connectivity index (χ3v) is 2.21. The Morgan fingerprint density at radius 3 is 2.71 bits per heavy atom. The van der Waals surface area contributed by atoms with E-state index in [1.807, 2.05) is 0 Å². The summed E-state index contributed by atoms with van der Waals surface area (Å²) in [5.41, 5.74) is 0.256. The second kappa shape index (κ2) is 6.20. The van der Waals surface area contributed by atoms with Crippen molar-refractivity contribution in [1.82, 2.24) is 5.32 Å². The zero-order valence-electron chi connectivity index (χ0n) is 10.1. The molecule has 0 radical (unpaired) electrons. The van der Waals surface area contributed by atoms with Crippen molar-refractivity contribution >= 4 is 5.91 Å². The summed E-state index contributed by atoms with van der Waals surface area (Å²) in [6, 6.07) is 3.95. The summed E-state index contributed by atoms with van der Waals surface area (Å²) in [5, 5.41) is 2.69. The van der Waals surface area contributed by atoms with E-state index in [2.05, 4.69) is 5.32 Å². The SMILES string of the molecule is COC[C@@H](C)NC(=O)c1ccc(OC)c(F)c1. The lowest BCUT2D eigenvalue weighted by Crippen LogP contribution is -2.35.